The second-order valence-electron chi connectivity index (χ2n) is 6.27. The van der Waals surface area contributed by atoms with E-state index in [4.69, 9.17) is 33.7 Å². The molecule has 0 saturated carbocycles. The molecule has 0 bridgehead atoms. The summed E-state index contributed by atoms with van der Waals surface area (Å²) in [4.78, 5) is 32.4. The first kappa shape index (κ1) is 33.7. The van der Waals surface area contributed by atoms with E-state index in [0.29, 0.717) is 11.1 Å². The smallest absolute Gasteiger partial charge is 1.00 e. The minimum Gasteiger partial charge on any atom is -1.00 e. The fourth-order valence-corrected chi connectivity index (χ4v) is 2.57. The van der Waals surface area contributed by atoms with Crippen LogP contribution in [0.1, 0.15) is 47.1 Å². The largest absolute Gasteiger partial charge is 1.00 e. The van der Waals surface area contributed by atoms with Crippen LogP contribution in [0.2, 0.25) is 10.3 Å². The van der Waals surface area contributed by atoms with Crippen LogP contribution in [0.4, 0.5) is 0 Å². The second kappa shape index (κ2) is 17.0. The number of halogens is 3. The van der Waals surface area contributed by atoms with Gasteiger partial charge in [0.15, 0.2) is 0 Å². The summed E-state index contributed by atoms with van der Waals surface area (Å²) in [7, 11) is 2.55. The van der Waals surface area contributed by atoms with Gasteiger partial charge in [-0.1, -0.05) is 45.8 Å². The van der Waals surface area contributed by atoms with Crippen LogP contribution in [-0.4, -0.2) is 41.1 Å². The van der Waals surface area contributed by atoms with Crippen molar-refractivity contribution in [1.29, 1.82) is 10.5 Å². The molecule has 0 saturated heterocycles. The van der Waals surface area contributed by atoms with E-state index in [2.05, 4.69) is 48.1 Å². The number of esters is 2. The maximum atomic E-state index is 11.5. The second-order valence-corrected chi connectivity index (χ2v) is 7.05. The molecule has 0 radical (unpaired) electrons. The fraction of sp³-hybridized carbons (Fsp3) is 0.333. The van der Waals surface area contributed by atoms with Crippen molar-refractivity contribution in [2.75, 3.05) is 19.2 Å². The summed E-state index contributed by atoms with van der Waals surface area (Å²) in [5, 5.41) is 17.9. The van der Waals surface area contributed by atoms with Crippen LogP contribution in [0.25, 0.3) is 0 Å². The van der Waals surface area contributed by atoms with Crippen LogP contribution in [0, 0.1) is 22.7 Å². The monoisotopic (exact) mass is 614 g/mol. The average Bonchev–Trinajstić information content (AvgIpc) is 2.80. The number of ether oxygens (including phenoxy) is 2. The summed E-state index contributed by atoms with van der Waals surface area (Å²) in [5.41, 5.74) is 0.763. The summed E-state index contributed by atoms with van der Waals surface area (Å²) < 4.78 is 9.18. The number of hydrogen-bond acceptors (Lipinski definition) is 8. The summed E-state index contributed by atoms with van der Waals surface area (Å²) in [5.74, 6) is -1.04. The van der Waals surface area contributed by atoms with Gasteiger partial charge in [-0.25, -0.2) is 19.6 Å². The van der Waals surface area contributed by atoms with E-state index in [9.17, 15) is 9.59 Å². The predicted octanol–water partition coefficient (Wildman–Crippen LogP) is 2.08. The van der Waals surface area contributed by atoms with E-state index >= 15 is 0 Å². The molecule has 0 unspecified atom stereocenters. The fourth-order valence-electron chi connectivity index (χ4n) is 2.25. The normalized spacial score (nSPS) is 9.27. The third-order valence-electron chi connectivity index (χ3n) is 3.86. The van der Waals surface area contributed by atoms with Gasteiger partial charge < -0.3 is 10.9 Å². The number of carbonyl (C=O) groups is 2. The molecule has 0 aliphatic heterocycles. The Balaban J connectivity index is -0.000000502. The Kier molecular flexibility index (Phi) is 17.4. The van der Waals surface area contributed by atoms with Gasteiger partial charge in [-0.2, -0.15) is 10.5 Å². The molecule has 33 heavy (non-hydrogen) atoms. The number of nitriles is 2. The van der Waals surface area contributed by atoms with Crippen molar-refractivity contribution in [2.45, 2.75) is 25.7 Å². The molecule has 12 heteroatoms. The van der Waals surface area contributed by atoms with E-state index < -0.39 is 17.4 Å². The third kappa shape index (κ3) is 10.6. The van der Waals surface area contributed by atoms with Crippen molar-refractivity contribution in [1.82, 2.24) is 9.97 Å². The van der Waals surface area contributed by atoms with Crippen molar-refractivity contribution < 1.29 is 50.0 Å². The molecule has 0 aliphatic carbocycles. The zero-order valence-corrected chi connectivity index (χ0v) is 24.7. The molecule has 0 N–H and O–H groups in total. The van der Waals surface area contributed by atoms with Gasteiger partial charge in [-0.15, -0.1) is 0 Å². The molecular weight excluding hydrogens is 593 g/mol. The van der Waals surface area contributed by atoms with Crippen LogP contribution in [-0.2, 0) is 21.3 Å². The van der Waals surface area contributed by atoms with Gasteiger partial charge >= 0.3 is 41.5 Å². The van der Waals surface area contributed by atoms with Gasteiger partial charge in [0.05, 0.1) is 49.3 Å². The Morgan fingerprint density at radius 1 is 1.03 bits per heavy atom. The van der Waals surface area contributed by atoms with Gasteiger partial charge in [0.25, 0.3) is 0 Å². The molecule has 0 fully saturated rings. The minimum atomic E-state index is -0.818. The molecule has 0 atom stereocenters. The number of rotatable bonds is 4. The van der Waals surface area contributed by atoms with Gasteiger partial charge in [-0.05, 0) is 36.5 Å². The molecule has 0 aromatic carbocycles. The molecule has 0 aliphatic rings. The van der Waals surface area contributed by atoms with Crippen molar-refractivity contribution in [3.8, 4) is 12.1 Å². The van der Waals surface area contributed by atoms with E-state index in [1.54, 1.807) is 13.8 Å². The number of aromatic nitrogens is 2. The predicted molar refractivity (Wildman–Crippen MR) is 130 cm³/mol. The van der Waals surface area contributed by atoms with Gasteiger partial charge in [0.1, 0.15) is 10.3 Å². The quantitative estimate of drug-likeness (QED) is 0.168. The van der Waals surface area contributed by atoms with Crippen molar-refractivity contribution in [3.05, 3.63) is 57.1 Å². The maximum absolute atomic E-state index is 11.5. The summed E-state index contributed by atoms with van der Waals surface area (Å²) in [6.45, 7) is 3.40. The molecule has 2 aromatic rings. The van der Waals surface area contributed by atoms with Crippen molar-refractivity contribution in [3.63, 3.8) is 0 Å². The number of alkyl halides is 1. The van der Waals surface area contributed by atoms with Crippen LogP contribution in [0.15, 0.2) is 24.5 Å². The Labute approximate surface area is 240 Å². The van der Waals surface area contributed by atoms with Crippen molar-refractivity contribution in [2.24, 2.45) is 0 Å². The first-order valence-corrected chi connectivity index (χ1v) is 11.7. The van der Waals surface area contributed by atoms with E-state index in [0.717, 1.165) is 0 Å². The maximum Gasteiger partial charge on any atom is 1.00 e. The Hall–Kier alpha value is -1.47. The van der Waals surface area contributed by atoms with E-state index in [1.807, 2.05) is 11.0 Å². The number of pyridine rings is 2. The molecule has 2 aromatic heterocycles. The van der Waals surface area contributed by atoms with E-state index in [-0.39, 0.29) is 58.8 Å². The molecular formula is C21H22Cl2IN4NaO4. The first-order chi connectivity index (χ1) is 15.1. The molecule has 2 rings (SSSR count). The van der Waals surface area contributed by atoms with Crippen LogP contribution in [0.3, 0.4) is 0 Å². The Morgan fingerprint density at radius 2 is 1.48 bits per heavy atom. The molecule has 0 spiro atoms. The molecule has 172 valence electrons. The SMILES string of the molecule is CI.COC(=O)c1cc(Cl)ncc1C(C)(C)C#N.COC(=O)c1cc(Cl)ncc1CC#N.[H-].[Na+]. The standard InChI is InChI=1S/C11H11ClN2O2.C9H7ClN2O2.CH3I.Na.H/c1-11(2,6-13)8-5-14-9(12)4-7(8)10(15)16-3;1-14-9(13)7-4-8(10)12-5-6(7)2-3-11;1-2;;/h4-5H,1-3H3;4-5H,2H2,1H3;1H3;;/q;;;+1;-1. The van der Waals surface area contributed by atoms with Gasteiger partial charge in [0.2, 0.25) is 0 Å². The van der Waals surface area contributed by atoms with Gasteiger partial charge in [-0.3, -0.25) is 0 Å². The van der Waals surface area contributed by atoms with Crippen molar-refractivity contribution >= 4 is 57.7 Å². The number of nitrogens with zero attached hydrogens (tertiary/aromatic N) is 4. The first-order valence-electron chi connectivity index (χ1n) is 8.74. The molecule has 2 heterocycles. The minimum absolute atomic E-state index is 0. The number of methoxy groups -OCH3 is 2. The Bertz CT molecular complexity index is 1050. The summed E-state index contributed by atoms with van der Waals surface area (Å²) in [6, 6.07) is 6.83. The average molecular weight is 615 g/mol. The third-order valence-corrected chi connectivity index (χ3v) is 4.27. The van der Waals surface area contributed by atoms with Crippen LogP contribution >= 0.6 is 45.8 Å². The number of hydrogen-bond donors (Lipinski definition) is 0. The Morgan fingerprint density at radius 3 is 1.94 bits per heavy atom. The number of carbonyl (C=O) groups excluding carboxylic acids is 2. The summed E-state index contributed by atoms with van der Waals surface area (Å²) in [6.07, 6.45) is 2.93. The topological polar surface area (TPSA) is 126 Å². The molecule has 0 amide bonds. The summed E-state index contributed by atoms with van der Waals surface area (Å²) >= 11 is 13.5. The zero-order chi connectivity index (χ0) is 24.9. The van der Waals surface area contributed by atoms with Gasteiger partial charge in [0, 0.05) is 18.0 Å². The van der Waals surface area contributed by atoms with Crippen LogP contribution < -0.4 is 29.6 Å². The zero-order valence-electron chi connectivity index (χ0n) is 20.1. The molecule has 8 nitrogen and oxygen atoms in total. The van der Waals surface area contributed by atoms with Crippen LogP contribution in [0.5, 0.6) is 0 Å². The van der Waals surface area contributed by atoms with E-state index in [1.165, 1.54) is 38.7 Å².